The summed E-state index contributed by atoms with van der Waals surface area (Å²) in [7, 11) is 0. The second-order valence-corrected chi connectivity index (χ2v) is 5.52. The third-order valence-electron chi connectivity index (χ3n) is 3.07. The van der Waals surface area contributed by atoms with Crippen molar-refractivity contribution in [3.8, 4) is 0 Å². The molecule has 2 aromatic heterocycles. The van der Waals surface area contributed by atoms with E-state index in [1.54, 1.807) is 11.6 Å². The third-order valence-corrected chi connectivity index (χ3v) is 3.83. The minimum atomic E-state index is -0.478. The van der Waals surface area contributed by atoms with Crippen LogP contribution in [0.1, 0.15) is 26.7 Å². The van der Waals surface area contributed by atoms with Gasteiger partial charge in [0.15, 0.2) is 0 Å². The maximum Gasteiger partial charge on any atom is 0.372 e. The number of carbonyl (C=O) groups is 1. The molecule has 8 nitrogen and oxygen atoms in total. The Labute approximate surface area is 125 Å². The van der Waals surface area contributed by atoms with Gasteiger partial charge in [0.05, 0.1) is 0 Å². The van der Waals surface area contributed by atoms with Gasteiger partial charge in [-0.3, -0.25) is 4.79 Å². The van der Waals surface area contributed by atoms with Crippen LogP contribution in [0.15, 0.2) is 11.6 Å². The highest BCUT2D eigenvalue weighted by Gasteiger charge is 2.23. The number of amides is 1. The number of rotatable bonds is 7. The standard InChI is InChI=1S/C12H17N5O3S/c1-3-8(2)14-9(18)4-5-13-10-11(17(19)20)16-6-7-21-12(16)15-10/h6-8,13H,3-5H2,1-2H3,(H,14,18). The fourth-order valence-corrected chi connectivity index (χ4v) is 2.52. The van der Waals surface area contributed by atoms with E-state index in [2.05, 4.69) is 15.6 Å². The number of anilines is 1. The van der Waals surface area contributed by atoms with E-state index in [4.69, 9.17) is 0 Å². The highest BCUT2D eigenvalue weighted by atomic mass is 32.1. The number of thiazole rings is 1. The minimum Gasteiger partial charge on any atom is -0.362 e. The summed E-state index contributed by atoms with van der Waals surface area (Å²) in [5.74, 6) is 0.0114. The molecule has 0 saturated carbocycles. The van der Waals surface area contributed by atoms with E-state index in [9.17, 15) is 14.9 Å². The molecule has 1 unspecified atom stereocenters. The van der Waals surface area contributed by atoms with Gasteiger partial charge in [-0.1, -0.05) is 18.3 Å². The van der Waals surface area contributed by atoms with Gasteiger partial charge in [-0.25, -0.2) is 0 Å². The van der Waals surface area contributed by atoms with Crippen molar-refractivity contribution in [3.05, 3.63) is 21.7 Å². The van der Waals surface area contributed by atoms with Gasteiger partial charge < -0.3 is 20.7 Å². The van der Waals surface area contributed by atoms with Gasteiger partial charge in [0, 0.05) is 24.4 Å². The van der Waals surface area contributed by atoms with Crippen molar-refractivity contribution in [3.63, 3.8) is 0 Å². The van der Waals surface area contributed by atoms with Crippen molar-refractivity contribution < 1.29 is 9.72 Å². The molecule has 0 saturated heterocycles. The lowest BCUT2D eigenvalue weighted by Gasteiger charge is -2.11. The number of aromatic nitrogens is 2. The van der Waals surface area contributed by atoms with Gasteiger partial charge in [0.25, 0.3) is 4.96 Å². The maximum absolute atomic E-state index is 11.6. The summed E-state index contributed by atoms with van der Waals surface area (Å²) >= 11 is 1.32. The van der Waals surface area contributed by atoms with Gasteiger partial charge in [-0.05, 0) is 18.3 Å². The van der Waals surface area contributed by atoms with Crippen molar-refractivity contribution in [1.29, 1.82) is 0 Å². The minimum absolute atomic E-state index is 0.0828. The lowest BCUT2D eigenvalue weighted by Crippen LogP contribution is -2.33. The Morgan fingerprint density at radius 2 is 2.38 bits per heavy atom. The summed E-state index contributed by atoms with van der Waals surface area (Å²) in [5.41, 5.74) is 0. The SMILES string of the molecule is CCC(C)NC(=O)CCNc1nc2sccn2c1[N+](=O)[O-]. The first-order valence-electron chi connectivity index (χ1n) is 6.66. The third kappa shape index (κ3) is 3.48. The molecule has 0 bridgehead atoms. The molecule has 2 rings (SSSR count). The Balaban J connectivity index is 1.97. The van der Waals surface area contributed by atoms with E-state index in [0.717, 1.165) is 6.42 Å². The van der Waals surface area contributed by atoms with Crippen LogP contribution in [-0.2, 0) is 4.79 Å². The average molecular weight is 311 g/mol. The van der Waals surface area contributed by atoms with Crippen LogP contribution < -0.4 is 10.6 Å². The smallest absolute Gasteiger partial charge is 0.362 e. The number of nitrogens with zero attached hydrogens (tertiary/aromatic N) is 3. The largest absolute Gasteiger partial charge is 0.372 e. The highest BCUT2D eigenvalue weighted by Crippen LogP contribution is 2.27. The van der Waals surface area contributed by atoms with Gasteiger partial charge in [-0.15, -0.1) is 0 Å². The summed E-state index contributed by atoms with van der Waals surface area (Å²) in [5, 5.41) is 18.5. The number of carbonyl (C=O) groups excluding carboxylic acids is 1. The maximum atomic E-state index is 11.6. The normalized spacial score (nSPS) is 12.3. The molecule has 2 heterocycles. The van der Waals surface area contributed by atoms with Crippen molar-refractivity contribution in [2.24, 2.45) is 0 Å². The monoisotopic (exact) mass is 311 g/mol. The Bertz CT molecular complexity index is 650. The van der Waals surface area contributed by atoms with E-state index in [1.165, 1.54) is 15.7 Å². The van der Waals surface area contributed by atoms with Crippen molar-refractivity contribution >= 4 is 33.8 Å². The van der Waals surface area contributed by atoms with Gasteiger partial charge in [0.2, 0.25) is 11.7 Å². The average Bonchev–Trinajstić information content (AvgIpc) is 2.97. The summed E-state index contributed by atoms with van der Waals surface area (Å²) in [4.78, 5) is 27.0. The van der Waals surface area contributed by atoms with Gasteiger partial charge in [-0.2, -0.15) is 9.38 Å². The van der Waals surface area contributed by atoms with Crippen LogP contribution in [0, 0.1) is 10.1 Å². The summed E-state index contributed by atoms with van der Waals surface area (Å²) in [6.45, 7) is 4.22. The number of fused-ring (bicyclic) bond motifs is 1. The van der Waals surface area contributed by atoms with Crippen LogP contribution in [0.4, 0.5) is 11.6 Å². The lowest BCUT2D eigenvalue weighted by molar-refractivity contribution is -0.389. The Kier molecular flexibility index (Phi) is 4.73. The van der Waals surface area contributed by atoms with Crippen molar-refractivity contribution in [2.45, 2.75) is 32.7 Å². The van der Waals surface area contributed by atoms with Crippen LogP contribution in [0.25, 0.3) is 4.96 Å². The molecule has 0 aliphatic heterocycles. The van der Waals surface area contributed by atoms with E-state index >= 15 is 0 Å². The summed E-state index contributed by atoms with van der Waals surface area (Å²) in [6, 6.07) is 0.129. The Hall–Kier alpha value is -2.16. The molecular formula is C12H17N5O3S. The van der Waals surface area contributed by atoms with Crippen LogP contribution in [0.3, 0.4) is 0 Å². The van der Waals surface area contributed by atoms with Gasteiger partial charge >= 0.3 is 5.82 Å². The molecule has 114 valence electrons. The topological polar surface area (TPSA) is 102 Å². The first kappa shape index (κ1) is 15.2. The van der Waals surface area contributed by atoms with Crippen LogP contribution in [0.2, 0.25) is 0 Å². The number of hydrogen-bond donors (Lipinski definition) is 2. The fourth-order valence-electron chi connectivity index (χ4n) is 1.81. The van der Waals surface area contributed by atoms with E-state index < -0.39 is 4.92 Å². The zero-order valence-electron chi connectivity index (χ0n) is 11.8. The molecule has 0 aliphatic carbocycles. The summed E-state index contributed by atoms with van der Waals surface area (Å²) < 4.78 is 1.42. The highest BCUT2D eigenvalue weighted by molar-refractivity contribution is 7.15. The molecule has 0 aliphatic rings. The molecule has 0 spiro atoms. The second-order valence-electron chi connectivity index (χ2n) is 4.65. The van der Waals surface area contributed by atoms with Crippen LogP contribution in [-0.4, -0.2) is 32.8 Å². The summed E-state index contributed by atoms with van der Waals surface area (Å²) in [6.07, 6.45) is 2.71. The second kappa shape index (κ2) is 6.53. The van der Waals surface area contributed by atoms with Crippen LogP contribution in [0.5, 0.6) is 0 Å². The van der Waals surface area contributed by atoms with Crippen LogP contribution >= 0.6 is 11.3 Å². The first-order valence-corrected chi connectivity index (χ1v) is 7.54. The molecule has 2 N–H and O–H groups in total. The predicted octanol–water partition coefficient (Wildman–Crippen LogP) is 2.02. The number of hydrogen-bond acceptors (Lipinski definition) is 6. The zero-order valence-corrected chi connectivity index (χ0v) is 12.6. The lowest BCUT2D eigenvalue weighted by atomic mass is 10.2. The van der Waals surface area contributed by atoms with E-state index in [-0.39, 0.29) is 30.0 Å². The van der Waals surface area contributed by atoms with Crippen molar-refractivity contribution in [2.75, 3.05) is 11.9 Å². The zero-order chi connectivity index (χ0) is 15.4. The molecule has 1 atom stereocenters. The quantitative estimate of drug-likeness (QED) is 0.601. The molecule has 0 fully saturated rings. The van der Waals surface area contributed by atoms with Crippen molar-refractivity contribution in [1.82, 2.24) is 14.7 Å². The Morgan fingerprint density at radius 3 is 3.05 bits per heavy atom. The molecule has 0 radical (unpaired) electrons. The molecule has 9 heteroatoms. The van der Waals surface area contributed by atoms with E-state index in [1.807, 2.05) is 13.8 Å². The fraction of sp³-hybridized carbons (Fsp3) is 0.500. The van der Waals surface area contributed by atoms with Gasteiger partial charge in [0.1, 0.15) is 6.20 Å². The molecule has 1 amide bonds. The number of nitrogens with one attached hydrogen (secondary N) is 2. The number of imidazole rings is 1. The Morgan fingerprint density at radius 1 is 1.62 bits per heavy atom. The van der Waals surface area contributed by atoms with E-state index in [0.29, 0.717) is 11.5 Å². The molecular weight excluding hydrogens is 294 g/mol. The molecule has 2 aromatic rings. The molecule has 0 aromatic carbocycles. The first-order chi connectivity index (χ1) is 10.0. The number of nitro groups is 1. The molecule has 21 heavy (non-hydrogen) atoms. The predicted molar refractivity (Wildman–Crippen MR) is 80.7 cm³/mol.